The Morgan fingerprint density at radius 2 is 2.32 bits per heavy atom. The number of carbonyl (C=O) groups is 1. The van der Waals surface area contributed by atoms with Crippen LogP contribution in [-0.4, -0.2) is 32.1 Å². The van der Waals surface area contributed by atoms with Crippen LogP contribution < -0.4 is 0 Å². The number of rotatable bonds is 2. The molecule has 0 spiro atoms. The lowest BCUT2D eigenvalue weighted by atomic mass is 10.1. The molecular weight excluding hydrogens is 240 g/mol. The van der Waals surface area contributed by atoms with Crippen molar-refractivity contribution >= 4 is 5.91 Å². The molecule has 0 aliphatic carbocycles. The van der Waals surface area contributed by atoms with Crippen LogP contribution in [0.2, 0.25) is 0 Å². The molecule has 3 heterocycles. The van der Waals surface area contributed by atoms with Crippen LogP contribution in [0.15, 0.2) is 36.8 Å². The molecule has 0 bridgehead atoms. The van der Waals surface area contributed by atoms with Gasteiger partial charge in [0.25, 0.3) is 5.91 Å². The molecule has 5 nitrogen and oxygen atoms in total. The van der Waals surface area contributed by atoms with Crippen molar-refractivity contribution in [2.45, 2.75) is 18.9 Å². The van der Waals surface area contributed by atoms with Crippen LogP contribution in [0.25, 0.3) is 0 Å². The lowest BCUT2D eigenvalue weighted by Gasteiger charge is -2.23. The zero-order chi connectivity index (χ0) is 13.2. The highest BCUT2D eigenvalue weighted by Gasteiger charge is 2.31. The van der Waals surface area contributed by atoms with Crippen LogP contribution in [0.1, 0.15) is 34.9 Å². The molecule has 0 radical (unpaired) electrons. The van der Waals surface area contributed by atoms with E-state index in [1.807, 2.05) is 36.5 Å². The third-order valence-electron chi connectivity index (χ3n) is 3.51. The number of hydrogen-bond acceptors (Lipinski definition) is 3. The fraction of sp³-hybridized carbons (Fsp3) is 0.357. The van der Waals surface area contributed by atoms with Crippen LogP contribution in [0.3, 0.4) is 0 Å². The van der Waals surface area contributed by atoms with Gasteiger partial charge in [-0.25, -0.2) is 0 Å². The van der Waals surface area contributed by atoms with Crippen LogP contribution in [0.5, 0.6) is 0 Å². The van der Waals surface area contributed by atoms with Crippen molar-refractivity contribution in [2.24, 2.45) is 7.05 Å². The topological polar surface area (TPSA) is 51.0 Å². The van der Waals surface area contributed by atoms with Gasteiger partial charge in [-0.15, -0.1) is 0 Å². The second-order valence-electron chi connectivity index (χ2n) is 4.82. The SMILES string of the molecule is Cn1cc([C@H]2CCCN2C(=O)c2ccccn2)cn1. The summed E-state index contributed by atoms with van der Waals surface area (Å²) in [5, 5.41) is 4.19. The number of nitrogens with zero attached hydrogens (tertiary/aromatic N) is 4. The number of carbonyl (C=O) groups excluding carboxylic acids is 1. The standard InChI is InChI=1S/C14H16N4O/c1-17-10-11(9-16-17)13-6-4-8-18(13)14(19)12-5-2-3-7-15-12/h2-3,5,7,9-10,13H,4,6,8H2,1H3/t13-/m1/s1. The first-order valence-corrected chi connectivity index (χ1v) is 6.46. The van der Waals surface area contributed by atoms with Crippen molar-refractivity contribution in [3.8, 4) is 0 Å². The number of hydrogen-bond donors (Lipinski definition) is 0. The van der Waals surface area contributed by atoms with Crippen LogP contribution in [0, 0.1) is 0 Å². The molecule has 5 heteroatoms. The van der Waals surface area contributed by atoms with Gasteiger partial charge in [0.2, 0.25) is 0 Å². The summed E-state index contributed by atoms with van der Waals surface area (Å²) < 4.78 is 1.77. The second kappa shape index (κ2) is 4.84. The summed E-state index contributed by atoms with van der Waals surface area (Å²) in [4.78, 5) is 18.5. The Morgan fingerprint density at radius 1 is 1.42 bits per heavy atom. The lowest BCUT2D eigenvalue weighted by Crippen LogP contribution is -2.31. The zero-order valence-corrected chi connectivity index (χ0v) is 10.9. The summed E-state index contributed by atoms with van der Waals surface area (Å²) in [6.07, 6.45) is 7.49. The Kier molecular flexibility index (Phi) is 3.03. The summed E-state index contributed by atoms with van der Waals surface area (Å²) in [6.45, 7) is 0.787. The minimum Gasteiger partial charge on any atom is -0.330 e. The van der Waals surface area contributed by atoms with Gasteiger partial charge in [0.05, 0.1) is 12.2 Å². The van der Waals surface area contributed by atoms with Gasteiger partial charge in [0.1, 0.15) is 5.69 Å². The van der Waals surface area contributed by atoms with Gasteiger partial charge in [0, 0.05) is 31.5 Å². The number of amides is 1. The van der Waals surface area contributed by atoms with Gasteiger partial charge in [-0.2, -0.15) is 5.10 Å². The third kappa shape index (κ3) is 2.23. The molecule has 2 aromatic heterocycles. The third-order valence-corrected chi connectivity index (χ3v) is 3.51. The average molecular weight is 256 g/mol. The molecule has 1 aliphatic heterocycles. The van der Waals surface area contributed by atoms with Crippen molar-refractivity contribution < 1.29 is 4.79 Å². The van der Waals surface area contributed by atoms with Crippen molar-refractivity contribution in [2.75, 3.05) is 6.54 Å². The minimum absolute atomic E-state index is 0.00644. The van der Waals surface area contributed by atoms with Gasteiger partial charge in [-0.05, 0) is 25.0 Å². The predicted octanol–water partition coefficient (Wildman–Crippen LogP) is 1.79. The number of aromatic nitrogens is 3. The zero-order valence-electron chi connectivity index (χ0n) is 10.9. The second-order valence-corrected chi connectivity index (χ2v) is 4.82. The van der Waals surface area contributed by atoms with Gasteiger partial charge < -0.3 is 4.90 Å². The summed E-state index contributed by atoms with van der Waals surface area (Å²) in [5.74, 6) is 0.00644. The minimum atomic E-state index is 0.00644. The first-order valence-electron chi connectivity index (χ1n) is 6.46. The van der Waals surface area contributed by atoms with E-state index in [1.54, 1.807) is 16.9 Å². The van der Waals surface area contributed by atoms with Gasteiger partial charge in [-0.1, -0.05) is 6.07 Å². The lowest BCUT2D eigenvalue weighted by molar-refractivity contribution is 0.0729. The Morgan fingerprint density at radius 3 is 3.00 bits per heavy atom. The monoisotopic (exact) mass is 256 g/mol. The molecule has 1 amide bonds. The number of likely N-dealkylation sites (tertiary alicyclic amines) is 1. The molecule has 19 heavy (non-hydrogen) atoms. The maximum atomic E-state index is 12.5. The molecule has 0 unspecified atom stereocenters. The largest absolute Gasteiger partial charge is 0.330 e. The van der Waals surface area contributed by atoms with E-state index in [0.717, 1.165) is 24.9 Å². The fourth-order valence-electron chi connectivity index (χ4n) is 2.60. The summed E-state index contributed by atoms with van der Waals surface area (Å²) >= 11 is 0. The first kappa shape index (κ1) is 11.9. The normalized spacial score (nSPS) is 18.8. The van der Waals surface area contributed by atoms with Crippen molar-refractivity contribution in [1.29, 1.82) is 0 Å². The van der Waals surface area contributed by atoms with E-state index in [0.29, 0.717) is 5.69 Å². The van der Waals surface area contributed by atoms with Gasteiger partial charge in [-0.3, -0.25) is 14.5 Å². The molecule has 0 N–H and O–H groups in total. The predicted molar refractivity (Wildman–Crippen MR) is 70.5 cm³/mol. The first-order chi connectivity index (χ1) is 9.25. The quantitative estimate of drug-likeness (QED) is 0.823. The Labute approximate surface area is 111 Å². The van der Waals surface area contributed by atoms with E-state index < -0.39 is 0 Å². The molecule has 1 saturated heterocycles. The van der Waals surface area contributed by atoms with E-state index in [1.165, 1.54) is 0 Å². The fourth-order valence-corrected chi connectivity index (χ4v) is 2.60. The molecule has 0 saturated carbocycles. The van der Waals surface area contributed by atoms with E-state index in [-0.39, 0.29) is 11.9 Å². The van der Waals surface area contributed by atoms with Crippen LogP contribution in [0.4, 0.5) is 0 Å². The Bertz CT molecular complexity index is 578. The molecule has 3 rings (SSSR count). The highest BCUT2D eigenvalue weighted by molar-refractivity contribution is 5.92. The molecule has 2 aromatic rings. The summed E-state index contributed by atoms with van der Waals surface area (Å²) in [7, 11) is 1.89. The average Bonchev–Trinajstić information content (AvgIpc) is 3.07. The highest BCUT2D eigenvalue weighted by atomic mass is 16.2. The summed E-state index contributed by atoms with van der Waals surface area (Å²) in [6, 6.07) is 5.55. The van der Waals surface area contributed by atoms with Crippen molar-refractivity contribution in [3.63, 3.8) is 0 Å². The smallest absolute Gasteiger partial charge is 0.272 e. The number of pyridine rings is 1. The maximum absolute atomic E-state index is 12.5. The molecule has 0 aromatic carbocycles. The van der Waals surface area contributed by atoms with E-state index >= 15 is 0 Å². The van der Waals surface area contributed by atoms with Crippen molar-refractivity contribution in [1.82, 2.24) is 19.7 Å². The van der Waals surface area contributed by atoms with E-state index in [4.69, 9.17) is 0 Å². The van der Waals surface area contributed by atoms with E-state index in [2.05, 4.69) is 10.1 Å². The summed E-state index contributed by atoms with van der Waals surface area (Å²) in [5.41, 5.74) is 1.61. The van der Waals surface area contributed by atoms with Crippen molar-refractivity contribution in [3.05, 3.63) is 48.0 Å². The molecule has 98 valence electrons. The molecule has 1 aliphatic rings. The molecular formula is C14H16N4O. The Balaban J connectivity index is 1.86. The van der Waals surface area contributed by atoms with Crippen LogP contribution in [-0.2, 0) is 7.05 Å². The Hall–Kier alpha value is -2.17. The maximum Gasteiger partial charge on any atom is 0.272 e. The molecule has 1 fully saturated rings. The van der Waals surface area contributed by atoms with Gasteiger partial charge in [0.15, 0.2) is 0 Å². The number of aryl methyl sites for hydroxylation is 1. The van der Waals surface area contributed by atoms with Crippen LogP contribution >= 0.6 is 0 Å². The highest BCUT2D eigenvalue weighted by Crippen LogP contribution is 2.32. The van der Waals surface area contributed by atoms with Gasteiger partial charge >= 0.3 is 0 Å². The molecule has 1 atom stereocenters. The van der Waals surface area contributed by atoms with E-state index in [9.17, 15) is 4.79 Å².